The largest absolute Gasteiger partial charge is 0.302 e. The Kier molecular flexibility index (Phi) is 3.40. The molecule has 2 aromatic rings. The van der Waals surface area contributed by atoms with Crippen molar-refractivity contribution in [2.75, 3.05) is 0 Å². The van der Waals surface area contributed by atoms with Gasteiger partial charge in [-0.25, -0.2) is 4.98 Å². The minimum absolute atomic E-state index is 0.269. The number of aromatic nitrogens is 3. The third-order valence-electron chi connectivity index (χ3n) is 2.00. The van der Waals surface area contributed by atoms with Gasteiger partial charge in [-0.05, 0) is 25.4 Å². The van der Waals surface area contributed by atoms with E-state index in [4.69, 9.17) is 0 Å². The summed E-state index contributed by atoms with van der Waals surface area (Å²) < 4.78 is 3.82. The maximum absolute atomic E-state index is 4.43. The van der Waals surface area contributed by atoms with Crippen LogP contribution in [0, 0.1) is 6.92 Å². The van der Waals surface area contributed by atoms with Crippen LogP contribution in [0.5, 0.6) is 0 Å². The van der Waals surface area contributed by atoms with Crippen LogP contribution in [0.15, 0.2) is 10.8 Å². The van der Waals surface area contributed by atoms with Gasteiger partial charge in [-0.2, -0.15) is 0 Å². The van der Waals surface area contributed by atoms with Crippen molar-refractivity contribution >= 4 is 22.9 Å². The molecular formula is C9H12N4S2. The Balaban J connectivity index is 1.90. The van der Waals surface area contributed by atoms with E-state index in [-0.39, 0.29) is 6.04 Å². The van der Waals surface area contributed by atoms with Crippen LogP contribution in [0.3, 0.4) is 0 Å². The number of nitrogens with one attached hydrogen (secondary N) is 1. The zero-order valence-electron chi connectivity index (χ0n) is 8.60. The quantitative estimate of drug-likeness (QED) is 0.889. The topological polar surface area (TPSA) is 50.7 Å². The van der Waals surface area contributed by atoms with Gasteiger partial charge < -0.3 is 5.32 Å². The highest BCUT2D eigenvalue weighted by atomic mass is 32.1. The normalized spacial score (nSPS) is 12.9. The highest BCUT2D eigenvalue weighted by Crippen LogP contribution is 2.17. The molecule has 0 aliphatic carbocycles. The number of aryl methyl sites for hydroxylation is 1. The van der Waals surface area contributed by atoms with E-state index < -0.39 is 0 Å². The van der Waals surface area contributed by atoms with Crippen LogP contribution < -0.4 is 5.32 Å². The molecule has 0 fully saturated rings. The van der Waals surface area contributed by atoms with Crippen molar-refractivity contribution < 1.29 is 0 Å². The van der Waals surface area contributed by atoms with Gasteiger partial charge in [0.15, 0.2) is 0 Å². The number of nitrogens with zero attached hydrogens (tertiary/aromatic N) is 3. The van der Waals surface area contributed by atoms with Gasteiger partial charge in [0.2, 0.25) is 0 Å². The molecule has 2 heterocycles. The van der Waals surface area contributed by atoms with E-state index in [1.807, 2.05) is 12.3 Å². The molecule has 0 radical (unpaired) electrons. The fraction of sp³-hybridized carbons (Fsp3) is 0.444. The van der Waals surface area contributed by atoms with Gasteiger partial charge in [0.05, 0.1) is 11.7 Å². The minimum atomic E-state index is 0.269. The molecule has 0 aromatic carbocycles. The molecule has 15 heavy (non-hydrogen) atoms. The van der Waals surface area contributed by atoms with Crippen LogP contribution in [0.25, 0.3) is 0 Å². The Bertz CT molecular complexity index is 409. The average Bonchev–Trinajstić information content (AvgIpc) is 2.84. The lowest BCUT2D eigenvalue weighted by Crippen LogP contribution is -2.18. The first-order chi connectivity index (χ1) is 7.25. The molecule has 0 amide bonds. The Morgan fingerprint density at radius 3 is 2.93 bits per heavy atom. The molecule has 1 unspecified atom stereocenters. The van der Waals surface area contributed by atoms with Crippen LogP contribution in [0.4, 0.5) is 0 Å². The lowest BCUT2D eigenvalue weighted by atomic mass is 10.3. The van der Waals surface area contributed by atoms with Crippen molar-refractivity contribution in [2.24, 2.45) is 0 Å². The Morgan fingerprint density at radius 2 is 2.33 bits per heavy atom. The lowest BCUT2D eigenvalue weighted by molar-refractivity contribution is 0.563. The number of rotatable bonds is 4. The van der Waals surface area contributed by atoms with E-state index in [2.05, 4.69) is 32.2 Å². The fourth-order valence-electron chi connectivity index (χ4n) is 1.18. The summed E-state index contributed by atoms with van der Waals surface area (Å²) in [6, 6.07) is 0.269. The number of hydrogen-bond donors (Lipinski definition) is 1. The summed E-state index contributed by atoms with van der Waals surface area (Å²) in [7, 11) is 0. The van der Waals surface area contributed by atoms with E-state index >= 15 is 0 Å². The first-order valence-electron chi connectivity index (χ1n) is 4.67. The third kappa shape index (κ3) is 2.80. The minimum Gasteiger partial charge on any atom is -0.302 e. The molecule has 0 aliphatic heterocycles. The summed E-state index contributed by atoms with van der Waals surface area (Å²) >= 11 is 3.06. The molecule has 0 aliphatic rings. The van der Waals surface area contributed by atoms with E-state index in [9.17, 15) is 0 Å². The molecule has 4 nitrogen and oxygen atoms in total. The predicted molar refractivity (Wildman–Crippen MR) is 62.0 cm³/mol. The molecule has 0 saturated carbocycles. The highest BCUT2D eigenvalue weighted by molar-refractivity contribution is 7.09. The van der Waals surface area contributed by atoms with Gasteiger partial charge in [0.25, 0.3) is 0 Å². The average molecular weight is 240 g/mol. The van der Waals surface area contributed by atoms with Crippen LogP contribution in [0.1, 0.15) is 29.4 Å². The van der Waals surface area contributed by atoms with Gasteiger partial charge in [-0.1, -0.05) is 4.49 Å². The van der Waals surface area contributed by atoms with Crippen molar-refractivity contribution in [3.8, 4) is 0 Å². The van der Waals surface area contributed by atoms with Gasteiger partial charge in [-0.3, -0.25) is 0 Å². The van der Waals surface area contributed by atoms with E-state index in [1.54, 1.807) is 11.3 Å². The Labute approximate surface area is 96.5 Å². The van der Waals surface area contributed by atoms with Crippen LogP contribution >= 0.6 is 22.9 Å². The van der Waals surface area contributed by atoms with E-state index in [0.717, 1.165) is 22.9 Å². The second kappa shape index (κ2) is 4.78. The zero-order chi connectivity index (χ0) is 10.7. The monoisotopic (exact) mass is 240 g/mol. The molecule has 6 heteroatoms. The van der Waals surface area contributed by atoms with Crippen molar-refractivity contribution in [3.63, 3.8) is 0 Å². The second-order valence-corrected chi connectivity index (χ2v) is 4.83. The molecule has 80 valence electrons. The molecule has 0 spiro atoms. The van der Waals surface area contributed by atoms with Crippen molar-refractivity contribution in [1.29, 1.82) is 0 Å². The maximum atomic E-state index is 4.43. The molecular weight excluding hydrogens is 228 g/mol. The Hall–Kier alpha value is -0.850. The van der Waals surface area contributed by atoms with Gasteiger partial charge in [-0.15, -0.1) is 16.4 Å². The van der Waals surface area contributed by atoms with Crippen molar-refractivity contribution in [1.82, 2.24) is 19.9 Å². The molecule has 2 aromatic heterocycles. The number of hydrogen-bond acceptors (Lipinski definition) is 6. The van der Waals surface area contributed by atoms with Crippen LogP contribution in [0.2, 0.25) is 0 Å². The Morgan fingerprint density at radius 1 is 1.47 bits per heavy atom. The highest BCUT2D eigenvalue weighted by Gasteiger charge is 2.09. The summed E-state index contributed by atoms with van der Waals surface area (Å²) in [6.07, 6.45) is 0. The smallest absolute Gasteiger partial charge is 0.110 e. The van der Waals surface area contributed by atoms with Crippen molar-refractivity contribution in [2.45, 2.75) is 26.4 Å². The molecule has 1 N–H and O–H groups in total. The van der Waals surface area contributed by atoms with Gasteiger partial charge >= 0.3 is 0 Å². The standard InChI is InChI=1S/C9H12N4S2/c1-6-4-14-9(11-6)7(2)10-3-8-5-15-13-12-8/h4-5,7,10H,3H2,1-2H3. The van der Waals surface area contributed by atoms with E-state index in [1.165, 1.54) is 11.5 Å². The van der Waals surface area contributed by atoms with Gasteiger partial charge in [0, 0.05) is 23.0 Å². The SMILES string of the molecule is Cc1csc(C(C)NCc2csnn2)n1. The second-order valence-electron chi connectivity index (χ2n) is 3.33. The van der Waals surface area contributed by atoms with E-state index in [0.29, 0.717) is 0 Å². The summed E-state index contributed by atoms with van der Waals surface area (Å²) in [4.78, 5) is 4.43. The van der Waals surface area contributed by atoms with Crippen LogP contribution in [-0.4, -0.2) is 14.6 Å². The first kappa shape index (κ1) is 10.7. The molecule has 0 saturated heterocycles. The summed E-state index contributed by atoms with van der Waals surface area (Å²) in [5, 5.41) is 12.5. The summed E-state index contributed by atoms with van der Waals surface area (Å²) in [5.41, 5.74) is 2.07. The summed E-state index contributed by atoms with van der Waals surface area (Å²) in [5.74, 6) is 0. The summed E-state index contributed by atoms with van der Waals surface area (Å²) in [6.45, 7) is 4.87. The fourth-order valence-corrected chi connectivity index (χ4v) is 2.46. The van der Waals surface area contributed by atoms with Crippen molar-refractivity contribution in [3.05, 3.63) is 27.2 Å². The molecule has 2 rings (SSSR count). The molecule has 0 bridgehead atoms. The van der Waals surface area contributed by atoms with Gasteiger partial charge in [0.1, 0.15) is 5.01 Å². The predicted octanol–water partition coefficient (Wildman–Crippen LogP) is 2.15. The first-order valence-corrected chi connectivity index (χ1v) is 6.38. The lowest BCUT2D eigenvalue weighted by Gasteiger charge is -2.08. The number of thiazole rings is 1. The maximum Gasteiger partial charge on any atom is 0.110 e. The molecule has 1 atom stereocenters. The third-order valence-corrected chi connectivity index (χ3v) is 3.70. The van der Waals surface area contributed by atoms with Crippen LogP contribution in [-0.2, 0) is 6.54 Å². The zero-order valence-corrected chi connectivity index (χ0v) is 10.2.